The lowest BCUT2D eigenvalue weighted by molar-refractivity contribution is 0.100. The first kappa shape index (κ1) is 20.0. The Kier molecular flexibility index (Phi) is 4.07. The van der Waals surface area contributed by atoms with E-state index in [-0.39, 0.29) is 28.0 Å². The number of aromatic nitrogens is 5. The topological polar surface area (TPSA) is 112 Å². The number of ketones is 1. The van der Waals surface area contributed by atoms with Gasteiger partial charge in [-0.2, -0.15) is 9.67 Å². The summed E-state index contributed by atoms with van der Waals surface area (Å²) in [5.74, 6) is -0.297. The average Bonchev–Trinajstić information content (AvgIpc) is 3.19. The molecule has 0 N–H and O–H groups in total. The zero-order valence-corrected chi connectivity index (χ0v) is 18.5. The fourth-order valence-electron chi connectivity index (χ4n) is 4.36. The van der Waals surface area contributed by atoms with Crippen LogP contribution >= 0.6 is 0 Å². The molecular weight excluding hydrogens is 434 g/mol. The molecule has 0 saturated carbocycles. The largest absolute Gasteiger partial charge is 0.422 e. The zero-order valence-electron chi connectivity index (χ0n) is 18.5. The summed E-state index contributed by atoms with van der Waals surface area (Å²) in [6, 6.07) is 14.5. The fourth-order valence-corrected chi connectivity index (χ4v) is 4.36. The van der Waals surface area contributed by atoms with Gasteiger partial charge < -0.3 is 4.42 Å². The minimum Gasteiger partial charge on any atom is -0.422 e. The van der Waals surface area contributed by atoms with Gasteiger partial charge >= 0.3 is 5.63 Å². The van der Waals surface area contributed by atoms with Crippen LogP contribution in [0.3, 0.4) is 0 Å². The third-order valence-electron chi connectivity index (χ3n) is 5.93. The third kappa shape index (κ3) is 2.67. The molecule has 9 nitrogen and oxygen atoms in total. The van der Waals surface area contributed by atoms with Gasteiger partial charge in [-0.15, -0.1) is 5.10 Å². The number of nitrogens with zero attached hydrogens (tertiary/aromatic N) is 5. The maximum absolute atomic E-state index is 13.9. The smallest absolute Gasteiger partial charge is 0.346 e. The maximum atomic E-state index is 13.9. The number of hydrogen-bond acceptors (Lipinski definition) is 7. The second-order valence-corrected chi connectivity index (χ2v) is 8.21. The quantitative estimate of drug-likeness (QED) is 0.225. The van der Waals surface area contributed by atoms with E-state index in [4.69, 9.17) is 4.42 Å². The van der Waals surface area contributed by atoms with E-state index in [0.29, 0.717) is 27.7 Å². The lowest BCUT2D eigenvalue weighted by Gasteiger charge is -2.09. The van der Waals surface area contributed by atoms with Gasteiger partial charge in [-0.25, -0.2) is 14.2 Å². The molecule has 0 aliphatic rings. The van der Waals surface area contributed by atoms with Crippen molar-refractivity contribution in [2.24, 2.45) is 0 Å². The van der Waals surface area contributed by atoms with Crippen LogP contribution in [0.15, 0.2) is 62.5 Å². The molecule has 34 heavy (non-hydrogen) atoms. The SMILES string of the molecule is CC(=O)c1nn(-c2ccc(C)cc2)c2nc3nc(C)c4c(=O)oc5ccccc5c4c3c(=O)n12. The summed E-state index contributed by atoms with van der Waals surface area (Å²) < 4.78 is 8.11. The fraction of sp³-hybridized carbons (Fsp3) is 0.120. The van der Waals surface area contributed by atoms with Gasteiger partial charge in [0.2, 0.25) is 11.6 Å². The van der Waals surface area contributed by atoms with Crippen molar-refractivity contribution in [3.63, 3.8) is 0 Å². The molecule has 6 rings (SSSR count). The van der Waals surface area contributed by atoms with E-state index in [2.05, 4.69) is 15.1 Å². The second-order valence-electron chi connectivity index (χ2n) is 8.21. The summed E-state index contributed by atoms with van der Waals surface area (Å²) in [4.78, 5) is 48.4. The van der Waals surface area contributed by atoms with Crippen LogP contribution in [0.25, 0.3) is 44.2 Å². The Bertz CT molecular complexity index is 1950. The van der Waals surface area contributed by atoms with Gasteiger partial charge in [0.15, 0.2) is 11.4 Å². The molecular formula is C25H17N5O4. The molecule has 0 saturated heterocycles. The van der Waals surface area contributed by atoms with Gasteiger partial charge in [0.25, 0.3) is 5.56 Å². The third-order valence-corrected chi connectivity index (χ3v) is 5.93. The van der Waals surface area contributed by atoms with Crippen molar-refractivity contribution >= 4 is 44.3 Å². The van der Waals surface area contributed by atoms with E-state index in [9.17, 15) is 14.4 Å². The number of pyridine rings is 1. The summed E-state index contributed by atoms with van der Waals surface area (Å²) >= 11 is 0. The van der Waals surface area contributed by atoms with Gasteiger partial charge in [0.1, 0.15) is 5.58 Å². The first-order chi connectivity index (χ1) is 16.3. The number of para-hydroxylation sites is 1. The number of carbonyl (C=O) groups excluding carboxylic acids is 1. The molecule has 0 atom stereocenters. The summed E-state index contributed by atoms with van der Waals surface area (Å²) in [5, 5.41) is 5.74. The van der Waals surface area contributed by atoms with Crippen molar-refractivity contribution < 1.29 is 9.21 Å². The van der Waals surface area contributed by atoms with E-state index < -0.39 is 17.0 Å². The number of carbonyl (C=O) groups is 1. The molecule has 0 bridgehead atoms. The Labute approximate surface area is 190 Å². The van der Waals surface area contributed by atoms with Gasteiger partial charge in [-0.1, -0.05) is 35.9 Å². The normalized spacial score (nSPS) is 11.7. The van der Waals surface area contributed by atoms with Crippen LogP contribution in [-0.4, -0.2) is 29.9 Å². The lowest BCUT2D eigenvalue weighted by atomic mass is 10.0. The number of rotatable bonds is 2. The molecule has 166 valence electrons. The average molecular weight is 451 g/mol. The molecule has 0 amide bonds. The number of hydrogen-bond donors (Lipinski definition) is 0. The molecule has 9 heteroatoms. The van der Waals surface area contributed by atoms with Crippen LogP contribution in [-0.2, 0) is 0 Å². The van der Waals surface area contributed by atoms with Crippen molar-refractivity contribution in [1.82, 2.24) is 24.1 Å². The highest BCUT2D eigenvalue weighted by Crippen LogP contribution is 2.29. The van der Waals surface area contributed by atoms with Gasteiger partial charge in [-0.3, -0.25) is 9.59 Å². The molecule has 4 heterocycles. The van der Waals surface area contributed by atoms with E-state index in [1.165, 1.54) is 16.0 Å². The van der Waals surface area contributed by atoms with Crippen LogP contribution in [0.5, 0.6) is 0 Å². The predicted octanol–water partition coefficient (Wildman–Crippen LogP) is 3.51. The Hall–Kier alpha value is -4.66. The maximum Gasteiger partial charge on any atom is 0.346 e. The van der Waals surface area contributed by atoms with Crippen LogP contribution < -0.4 is 11.2 Å². The summed E-state index contributed by atoms with van der Waals surface area (Å²) in [6.07, 6.45) is 0. The molecule has 0 aliphatic heterocycles. The van der Waals surface area contributed by atoms with Crippen LogP contribution in [0, 0.1) is 13.8 Å². The monoisotopic (exact) mass is 451 g/mol. The van der Waals surface area contributed by atoms with Crippen LogP contribution in [0.4, 0.5) is 0 Å². The van der Waals surface area contributed by atoms with E-state index in [1.54, 1.807) is 31.2 Å². The summed E-state index contributed by atoms with van der Waals surface area (Å²) in [7, 11) is 0. The predicted molar refractivity (Wildman–Crippen MR) is 127 cm³/mol. The van der Waals surface area contributed by atoms with Crippen molar-refractivity contribution in [2.45, 2.75) is 20.8 Å². The van der Waals surface area contributed by atoms with Crippen molar-refractivity contribution in [1.29, 1.82) is 0 Å². The zero-order chi connectivity index (χ0) is 23.7. The van der Waals surface area contributed by atoms with E-state index >= 15 is 0 Å². The highest BCUT2D eigenvalue weighted by molar-refractivity contribution is 6.17. The number of Topliss-reactive ketones (excluding diaryl/α,β-unsaturated/α-hetero) is 1. The number of fused-ring (bicyclic) bond motifs is 6. The molecule has 0 aliphatic carbocycles. The van der Waals surface area contributed by atoms with Crippen LogP contribution in [0.1, 0.15) is 28.8 Å². The Morgan fingerprint density at radius 3 is 2.38 bits per heavy atom. The summed E-state index contributed by atoms with van der Waals surface area (Å²) in [5.41, 5.74) is 1.48. The molecule has 0 fully saturated rings. The molecule has 6 aromatic rings. The molecule has 0 spiro atoms. The number of aryl methyl sites for hydroxylation is 2. The minimum absolute atomic E-state index is 0.0593. The molecule has 0 radical (unpaired) electrons. The van der Waals surface area contributed by atoms with Gasteiger partial charge in [0.05, 0.1) is 22.2 Å². The molecule has 4 aromatic heterocycles. The lowest BCUT2D eigenvalue weighted by Crippen LogP contribution is -2.20. The first-order valence-electron chi connectivity index (χ1n) is 10.6. The highest BCUT2D eigenvalue weighted by Gasteiger charge is 2.24. The molecule has 2 aromatic carbocycles. The minimum atomic E-state index is -0.591. The number of benzene rings is 2. The Balaban J connectivity index is 1.89. The first-order valence-corrected chi connectivity index (χ1v) is 10.6. The van der Waals surface area contributed by atoms with Gasteiger partial charge in [0, 0.05) is 17.7 Å². The highest BCUT2D eigenvalue weighted by atomic mass is 16.4. The van der Waals surface area contributed by atoms with Crippen LogP contribution in [0.2, 0.25) is 0 Å². The second kappa shape index (κ2) is 6.92. The standard InChI is InChI=1S/C25H17N5O4/c1-12-8-10-15(11-9-12)30-25-27-21-20(23(32)29(25)22(28-30)14(3)31)19-16-6-4-5-7-17(16)34-24(33)18(19)13(2)26-21/h4-11H,1-3H3. The van der Waals surface area contributed by atoms with Crippen molar-refractivity contribution in [3.8, 4) is 5.69 Å². The Morgan fingerprint density at radius 1 is 0.912 bits per heavy atom. The van der Waals surface area contributed by atoms with Crippen molar-refractivity contribution in [2.75, 3.05) is 0 Å². The molecule has 0 unspecified atom stereocenters. The van der Waals surface area contributed by atoms with Crippen molar-refractivity contribution in [3.05, 3.63) is 86.4 Å². The van der Waals surface area contributed by atoms with E-state index in [1.807, 2.05) is 31.2 Å². The van der Waals surface area contributed by atoms with E-state index in [0.717, 1.165) is 5.56 Å². The summed E-state index contributed by atoms with van der Waals surface area (Å²) in [6.45, 7) is 4.98. The van der Waals surface area contributed by atoms with Gasteiger partial charge in [-0.05, 0) is 32.0 Å². The Morgan fingerprint density at radius 2 is 1.65 bits per heavy atom.